The van der Waals surface area contributed by atoms with Gasteiger partial charge in [0, 0.05) is 18.3 Å². The monoisotopic (exact) mass is 367 g/mol. The van der Waals surface area contributed by atoms with Gasteiger partial charge in [-0.1, -0.05) is 12.1 Å². The predicted molar refractivity (Wildman–Crippen MR) is 101 cm³/mol. The molecule has 2 N–H and O–H groups in total. The first-order chi connectivity index (χ1) is 12.9. The zero-order valence-electron chi connectivity index (χ0n) is 15.4. The van der Waals surface area contributed by atoms with Gasteiger partial charge in [-0.3, -0.25) is 14.5 Å². The van der Waals surface area contributed by atoms with E-state index in [1.807, 2.05) is 24.3 Å². The largest absolute Gasteiger partial charge is 0.497 e. The number of rotatable bonds is 5. The van der Waals surface area contributed by atoms with Crippen LogP contribution >= 0.6 is 0 Å². The molecule has 0 saturated heterocycles. The Balaban J connectivity index is 1.64. The first-order valence-corrected chi connectivity index (χ1v) is 8.60. The molecular formula is C20H21N3O4. The van der Waals surface area contributed by atoms with E-state index >= 15 is 0 Å². The van der Waals surface area contributed by atoms with E-state index in [0.717, 1.165) is 11.3 Å². The minimum atomic E-state index is -0.400. The molecule has 2 aromatic carbocycles. The van der Waals surface area contributed by atoms with Gasteiger partial charge in [-0.15, -0.1) is 0 Å². The lowest BCUT2D eigenvalue weighted by Crippen LogP contribution is -2.35. The molecule has 0 saturated carbocycles. The number of amides is 4. The minimum Gasteiger partial charge on any atom is -0.497 e. The molecule has 7 nitrogen and oxygen atoms in total. The molecule has 0 fully saturated rings. The van der Waals surface area contributed by atoms with Gasteiger partial charge in [0.25, 0.3) is 11.8 Å². The van der Waals surface area contributed by atoms with Crippen LogP contribution in [0.2, 0.25) is 0 Å². The van der Waals surface area contributed by atoms with Crippen molar-refractivity contribution in [2.24, 2.45) is 0 Å². The van der Waals surface area contributed by atoms with Crippen molar-refractivity contribution in [2.45, 2.75) is 26.4 Å². The van der Waals surface area contributed by atoms with Crippen LogP contribution in [0.4, 0.5) is 10.5 Å². The molecule has 0 bridgehead atoms. The fourth-order valence-electron chi connectivity index (χ4n) is 2.91. The number of nitrogens with one attached hydrogen (secondary N) is 2. The van der Waals surface area contributed by atoms with Crippen LogP contribution in [-0.2, 0) is 6.54 Å². The Morgan fingerprint density at radius 1 is 1.04 bits per heavy atom. The van der Waals surface area contributed by atoms with E-state index < -0.39 is 6.03 Å². The number of carbonyl (C=O) groups excluding carboxylic acids is 3. The maximum absolute atomic E-state index is 12.4. The molecule has 2 aromatic rings. The first-order valence-electron chi connectivity index (χ1n) is 8.60. The summed E-state index contributed by atoms with van der Waals surface area (Å²) in [5.41, 5.74) is 2.04. The van der Waals surface area contributed by atoms with Crippen molar-refractivity contribution in [2.75, 3.05) is 12.4 Å². The van der Waals surface area contributed by atoms with E-state index in [-0.39, 0.29) is 17.9 Å². The van der Waals surface area contributed by atoms with Crippen LogP contribution in [0, 0.1) is 0 Å². The van der Waals surface area contributed by atoms with Crippen molar-refractivity contribution in [3.05, 3.63) is 59.2 Å². The third-order valence-electron chi connectivity index (χ3n) is 4.30. The lowest BCUT2D eigenvalue weighted by molar-refractivity contribution is 0.0609. The highest BCUT2D eigenvalue weighted by atomic mass is 16.5. The number of benzene rings is 2. The highest BCUT2D eigenvalue weighted by Crippen LogP contribution is 2.27. The third-order valence-corrected chi connectivity index (χ3v) is 4.30. The standard InChI is InChI=1S/C20H21N3O4/c1-12(2)23-18(24)16-9-6-14(10-17(16)19(23)25)22-20(26)21-11-13-4-7-15(27-3)8-5-13/h4-10,12H,11H2,1-3H3,(H2,21,22,26). The average Bonchev–Trinajstić information content (AvgIpc) is 2.90. The van der Waals surface area contributed by atoms with Crippen LogP contribution in [0.15, 0.2) is 42.5 Å². The second-order valence-electron chi connectivity index (χ2n) is 6.49. The van der Waals surface area contributed by atoms with E-state index in [2.05, 4.69) is 10.6 Å². The van der Waals surface area contributed by atoms with Crippen molar-refractivity contribution < 1.29 is 19.1 Å². The lowest BCUT2D eigenvalue weighted by atomic mass is 10.1. The second kappa shape index (κ2) is 7.49. The van der Waals surface area contributed by atoms with Gasteiger partial charge >= 0.3 is 6.03 Å². The summed E-state index contributed by atoms with van der Waals surface area (Å²) in [4.78, 5) is 38.0. The molecule has 0 radical (unpaired) electrons. The number of carbonyl (C=O) groups is 3. The number of urea groups is 1. The number of fused-ring (bicyclic) bond motifs is 1. The molecule has 140 valence electrons. The van der Waals surface area contributed by atoms with Crippen LogP contribution in [0.1, 0.15) is 40.1 Å². The van der Waals surface area contributed by atoms with E-state index in [1.54, 1.807) is 33.1 Å². The summed E-state index contributed by atoms with van der Waals surface area (Å²) in [6.07, 6.45) is 0. The normalized spacial score (nSPS) is 13.0. The molecule has 1 aliphatic rings. The molecule has 0 aliphatic carbocycles. The smallest absolute Gasteiger partial charge is 0.319 e. The van der Waals surface area contributed by atoms with E-state index in [4.69, 9.17) is 4.74 Å². The Labute approximate surface area is 157 Å². The summed E-state index contributed by atoms with van der Waals surface area (Å²) in [6.45, 7) is 3.92. The number of nitrogens with zero attached hydrogens (tertiary/aromatic N) is 1. The highest BCUT2D eigenvalue weighted by molar-refractivity contribution is 6.22. The molecule has 3 rings (SSSR count). The molecule has 7 heteroatoms. The molecular weight excluding hydrogens is 346 g/mol. The van der Waals surface area contributed by atoms with E-state index in [0.29, 0.717) is 23.4 Å². The lowest BCUT2D eigenvalue weighted by Gasteiger charge is -2.17. The van der Waals surface area contributed by atoms with Crippen molar-refractivity contribution in [3.8, 4) is 5.75 Å². The Morgan fingerprint density at radius 2 is 1.70 bits per heavy atom. The van der Waals surface area contributed by atoms with Gasteiger partial charge < -0.3 is 15.4 Å². The Morgan fingerprint density at radius 3 is 2.33 bits per heavy atom. The predicted octanol–water partition coefficient (Wildman–Crippen LogP) is 3.02. The number of hydrogen-bond acceptors (Lipinski definition) is 4. The maximum atomic E-state index is 12.4. The highest BCUT2D eigenvalue weighted by Gasteiger charge is 2.37. The number of imide groups is 1. The molecule has 27 heavy (non-hydrogen) atoms. The summed E-state index contributed by atoms with van der Waals surface area (Å²) in [6, 6.07) is 11.4. The Kier molecular flexibility index (Phi) is 5.12. The molecule has 1 aliphatic heterocycles. The molecule has 0 atom stereocenters. The number of hydrogen-bond donors (Lipinski definition) is 2. The second-order valence-corrected chi connectivity index (χ2v) is 6.49. The van der Waals surface area contributed by atoms with Crippen LogP contribution < -0.4 is 15.4 Å². The Hall–Kier alpha value is -3.35. The average molecular weight is 367 g/mol. The van der Waals surface area contributed by atoms with Gasteiger partial charge in [0.1, 0.15) is 5.75 Å². The third kappa shape index (κ3) is 3.76. The molecule has 0 aromatic heterocycles. The molecule has 4 amide bonds. The maximum Gasteiger partial charge on any atom is 0.319 e. The van der Waals surface area contributed by atoms with Crippen LogP contribution in [0.25, 0.3) is 0 Å². The topological polar surface area (TPSA) is 87.7 Å². The molecule has 0 unspecified atom stereocenters. The van der Waals surface area contributed by atoms with Crippen LogP contribution in [0.3, 0.4) is 0 Å². The number of ether oxygens (including phenoxy) is 1. The summed E-state index contributed by atoms with van der Waals surface area (Å²) in [7, 11) is 1.59. The van der Waals surface area contributed by atoms with Gasteiger partial charge in [0.15, 0.2) is 0 Å². The fraction of sp³-hybridized carbons (Fsp3) is 0.250. The van der Waals surface area contributed by atoms with Gasteiger partial charge in [0.2, 0.25) is 0 Å². The first kappa shape index (κ1) is 18.4. The summed E-state index contributed by atoms with van der Waals surface area (Å²) in [5, 5.41) is 5.43. The summed E-state index contributed by atoms with van der Waals surface area (Å²) < 4.78 is 5.09. The number of methoxy groups -OCH3 is 1. The van der Waals surface area contributed by atoms with Gasteiger partial charge in [-0.2, -0.15) is 0 Å². The fourth-order valence-corrected chi connectivity index (χ4v) is 2.91. The zero-order chi connectivity index (χ0) is 19.6. The van der Waals surface area contributed by atoms with E-state index in [9.17, 15) is 14.4 Å². The van der Waals surface area contributed by atoms with Crippen molar-refractivity contribution >= 4 is 23.5 Å². The zero-order valence-corrected chi connectivity index (χ0v) is 15.4. The van der Waals surface area contributed by atoms with Crippen LogP contribution in [0.5, 0.6) is 5.75 Å². The number of anilines is 1. The molecule has 0 spiro atoms. The van der Waals surface area contributed by atoms with Crippen molar-refractivity contribution in [1.82, 2.24) is 10.2 Å². The SMILES string of the molecule is COc1ccc(CNC(=O)Nc2ccc3c(c2)C(=O)N(C(C)C)C3=O)cc1. The van der Waals surface area contributed by atoms with Gasteiger partial charge in [-0.05, 0) is 49.7 Å². The summed E-state index contributed by atoms with van der Waals surface area (Å²) >= 11 is 0. The quantitative estimate of drug-likeness (QED) is 0.795. The van der Waals surface area contributed by atoms with Gasteiger partial charge in [0.05, 0.1) is 18.2 Å². The summed E-state index contributed by atoms with van der Waals surface area (Å²) in [5.74, 6) is 0.101. The Bertz CT molecular complexity index is 891. The van der Waals surface area contributed by atoms with Gasteiger partial charge in [-0.25, -0.2) is 4.79 Å². The van der Waals surface area contributed by atoms with Crippen LogP contribution in [-0.4, -0.2) is 35.9 Å². The van der Waals surface area contributed by atoms with Crippen molar-refractivity contribution in [3.63, 3.8) is 0 Å². The van der Waals surface area contributed by atoms with Crippen molar-refractivity contribution in [1.29, 1.82) is 0 Å². The van der Waals surface area contributed by atoms with E-state index in [1.165, 1.54) is 11.0 Å². The molecule has 1 heterocycles. The minimum absolute atomic E-state index is 0.221.